The van der Waals surface area contributed by atoms with Crippen LogP contribution in [0.1, 0.15) is 53.6 Å². The molecule has 0 bridgehead atoms. The van der Waals surface area contributed by atoms with E-state index in [4.69, 9.17) is 23.2 Å². The number of benzene rings is 2. The molecule has 146 valence electrons. The van der Waals surface area contributed by atoms with Gasteiger partial charge in [0.15, 0.2) is 5.78 Å². The van der Waals surface area contributed by atoms with Crippen LogP contribution in [0.2, 0.25) is 10.0 Å². The van der Waals surface area contributed by atoms with Gasteiger partial charge in [0.2, 0.25) is 0 Å². The molecule has 0 aliphatic heterocycles. The van der Waals surface area contributed by atoms with Gasteiger partial charge in [-0.25, -0.2) is 0 Å². The smallest absolute Gasteiger partial charge is 0.186 e. The number of carbonyl (C=O) groups excluding carboxylic acids is 1. The van der Waals surface area contributed by atoms with Gasteiger partial charge in [-0.15, -0.1) is 0 Å². The maximum atomic E-state index is 12.4. The zero-order valence-corrected chi connectivity index (χ0v) is 17.4. The molecule has 2 aromatic rings. The first kappa shape index (κ1) is 19.7. The summed E-state index contributed by atoms with van der Waals surface area (Å²) in [6.45, 7) is 0.812. The van der Waals surface area contributed by atoms with Crippen molar-refractivity contribution in [1.82, 2.24) is 5.32 Å². The van der Waals surface area contributed by atoms with Gasteiger partial charge in [-0.1, -0.05) is 65.5 Å². The van der Waals surface area contributed by atoms with Crippen molar-refractivity contribution in [1.29, 1.82) is 0 Å². The highest BCUT2D eigenvalue weighted by Gasteiger charge is 2.27. The van der Waals surface area contributed by atoms with E-state index in [1.807, 2.05) is 42.5 Å². The van der Waals surface area contributed by atoms with Gasteiger partial charge in [-0.05, 0) is 67.4 Å². The van der Waals surface area contributed by atoms with Gasteiger partial charge in [0, 0.05) is 18.2 Å². The molecule has 0 aromatic heterocycles. The maximum Gasteiger partial charge on any atom is 0.186 e. The lowest BCUT2D eigenvalue weighted by atomic mass is 9.86. The summed E-state index contributed by atoms with van der Waals surface area (Å²) >= 11 is 12.1. The van der Waals surface area contributed by atoms with Crippen molar-refractivity contribution >= 4 is 29.0 Å². The van der Waals surface area contributed by atoms with Crippen molar-refractivity contribution in [3.63, 3.8) is 0 Å². The summed E-state index contributed by atoms with van der Waals surface area (Å²) in [5.74, 6) is 0.827. The van der Waals surface area contributed by atoms with Gasteiger partial charge in [0.05, 0.1) is 10.0 Å². The van der Waals surface area contributed by atoms with Gasteiger partial charge in [0.25, 0.3) is 0 Å². The number of fused-ring (bicyclic) bond motifs is 1. The molecule has 0 spiro atoms. The monoisotopic (exact) mass is 413 g/mol. The van der Waals surface area contributed by atoms with E-state index in [9.17, 15) is 4.79 Å². The molecule has 0 radical (unpaired) electrons. The van der Waals surface area contributed by atoms with Crippen molar-refractivity contribution in [2.45, 2.75) is 51.1 Å². The Balaban J connectivity index is 1.32. The normalized spacial score (nSPS) is 21.5. The largest absolute Gasteiger partial charge is 0.310 e. The summed E-state index contributed by atoms with van der Waals surface area (Å²) in [5, 5.41) is 4.93. The Hall–Kier alpha value is -1.61. The van der Waals surface area contributed by atoms with Crippen LogP contribution in [-0.4, -0.2) is 11.8 Å². The van der Waals surface area contributed by atoms with E-state index in [0.717, 1.165) is 36.9 Å². The second-order valence-electron chi connectivity index (χ2n) is 7.97. The molecule has 2 aromatic carbocycles. The molecule has 1 saturated carbocycles. The van der Waals surface area contributed by atoms with Gasteiger partial charge in [0.1, 0.15) is 0 Å². The molecule has 0 saturated heterocycles. The van der Waals surface area contributed by atoms with Crippen LogP contribution in [0.25, 0.3) is 0 Å². The fourth-order valence-corrected chi connectivity index (χ4v) is 4.88. The van der Waals surface area contributed by atoms with Gasteiger partial charge in [-0.3, -0.25) is 4.79 Å². The van der Waals surface area contributed by atoms with Crippen LogP contribution >= 0.6 is 23.2 Å². The highest BCUT2D eigenvalue weighted by molar-refractivity contribution is 6.42. The Morgan fingerprint density at radius 1 is 1.04 bits per heavy atom. The third-order valence-corrected chi connectivity index (χ3v) is 6.82. The predicted molar refractivity (Wildman–Crippen MR) is 116 cm³/mol. The molecule has 4 heteroatoms. The van der Waals surface area contributed by atoms with Gasteiger partial charge in [-0.2, -0.15) is 0 Å². The summed E-state index contributed by atoms with van der Waals surface area (Å²) < 4.78 is 0. The molecule has 2 aliphatic carbocycles. The van der Waals surface area contributed by atoms with E-state index in [1.54, 1.807) is 0 Å². The Labute approximate surface area is 176 Å². The summed E-state index contributed by atoms with van der Waals surface area (Å²) in [6.07, 6.45) is 8.68. The minimum absolute atomic E-state index is 0.164. The summed E-state index contributed by atoms with van der Waals surface area (Å²) in [4.78, 5) is 12.4. The highest BCUT2D eigenvalue weighted by atomic mass is 35.5. The Morgan fingerprint density at radius 2 is 1.89 bits per heavy atom. The van der Waals surface area contributed by atoms with Crippen molar-refractivity contribution in [3.8, 4) is 0 Å². The molecular weight excluding hydrogens is 389 g/mol. The van der Waals surface area contributed by atoms with E-state index in [2.05, 4.69) is 11.4 Å². The van der Waals surface area contributed by atoms with Crippen LogP contribution in [0.3, 0.4) is 0 Å². The van der Waals surface area contributed by atoms with E-state index in [1.165, 1.54) is 30.4 Å². The zero-order valence-electron chi connectivity index (χ0n) is 15.9. The van der Waals surface area contributed by atoms with Crippen molar-refractivity contribution in [3.05, 3.63) is 80.8 Å². The molecule has 4 rings (SSSR count). The van der Waals surface area contributed by atoms with Crippen LogP contribution in [0.15, 0.2) is 54.1 Å². The van der Waals surface area contributed by atoms with E-state index in [-0.39, 0.29) is 5.78 Å². The molecule has 0 amide bonds. The number of hydrogen-bond donors (Lipinski definition) is 1. The molecule has 2 atom stereocenters. The third kappa shape index (κ3) is 4.51. The second kappa shape index (κ2) is 8.82. The average Bonchev–Trinajstić information content (AvgIpc) is 3.15. The topological polar surface area (TPSA) is 29.1 Å². The first-order chi connectivity index (χ1) is 13.6. The number of hydrogen-bond acceptors (Lipinski definition) is 2. The van der Waals surface area contributed by atoms with Crippen LogP contribution < -0.4 is 5.32 Å². The molecule has 2 nitrogen and oxygen atoms in total. The van der Waals surface area contributed by atoms with Crippen LogP contribution in [0.5, 0.6) is 0 Å². The number of rotatable bonds is 6. The number of ketones is 1. The average molecular weight is 414 g/mol. The number of halogens is 2. The van der Waals surface area contributed by atoms with Crippen LogP contribution in [0, 0.1) is 5.92 Å². The SMILES string of the molecule is O=C1C=C(CC[C@H]2CCC[C@@H]2NCc2ccc(Cl)c(Cl)c2)Cc2ccccc21. The third-order valence-electron chi connectivity index (χ3n) is 6.08. The van der Waals surface area contributed by atoms with E-state index < -0.39 is 0 Å². The van der Waals surface area contributed by atoms with Crippen LogP contribution in [0.4, 0.5) is 0 Å². The lowest BCUT2D eigenvalue weighted by Crippen LogP contribution is -2.32. The quantitative estimate of drug-likeness (QED) is 0.593. The second-order valence-corrected chi connectivity index (χ2v) is 8.78. The Bertz CT molecular complexity index is 905. The van der Waals surface area contributed by atoms with Gasteiger partial charge >= 0.3 is 0 Å². The number of allylic oxidation sites excluding steroid dienone is 2. The number of nitrogens with one attached hydrogen (secondary N) is 1. The minimum atomic E-state index is 0.164. The van der Waals surface area contributed by atoms with Crippen molar-refractivity contribution in [2.75, 3.05) is 0 Å². The molecular formula is C24H25Cl2NO. The highest BCUT2D eigenvalue weighted by Crippen LogP contribution is 2.33. The first-order valence-electron chi connectivity index (χ1n) is 10.1. The molecule has 0 heterocycles. The lowest BCUT2D eigenvalue weighted by molar-refractivity contribution is 0.104. The fraction of sp³-hybridized carbons (Fsp3) is 0.375. The Kier molecular flexibility index (Phi) is 6.20. The van der Waals surface area contributed by atoms with E-state index >= 15 is 0 Å². The molecule has 1 fully saturated rings. The molecule has 2 aliphatic rings. The standard InChI is InChI=1S/C24H25Cl2NO/c25-21-11-9-17(13-22(21)26)15-27-23-7-3-5-18(23)10-8-16-12-19-4-1-2-6-20(19)24(28)14-16/h1-2,4,6,9,11,13-14,18,23,27H,3,5,7-8,10,12,15H2/t18-,23+/m1/s1. The lowest BCUT2D eigenvalue weighted by Gasteiger charge is -2.23. The minimum Gasteiger partial charge on any atom is -0.310 e. The van der Waals surface area contributed by atoms with E-state index in [0.29, 0.717) is 22.0 Å². The maximum absolute atomic E-state index is 12.4. The van der Waals surface area contributed by atoms with Gasteiger partial charge < -0.3 is 5.32 Å². The zero-order chi connectivity index (χ0) is 19.5. The summed E-state index contributed by atoms with van der Waals surface area (Å²) in [7, 11) is 0. The summed E-state index contributed by atoms with van der Waals surface area (Å²) in [5.41, 5.74) is 4.48. The Morgan fingerprint density at radius 3 is 2.75 bits per heavy atom. The molecule has 0 unspecified atom stereocenters. The fourth-order valence-electron chi connectivity index (χ4n) is 4.55. The summed E-state index contributed by atoms with van der Waals surface area (Å²) in [6, 6.07) is 14.3. The number of carbonyl (C=O) groups is 1. The van der Waals surface area contributed by atoms with Crippen molar-refractivity contribution in [2.24, 2.45) is 5.92 Å². The first-order valence-corrected chi connectivity index (χ1v) is 10.8. The predicted octanol–water partition coefficient (Wildman–Crippen LogP) is 6.40. The van der Waals surface area contributed by atoms with Crippen molar-refractivity contribution < 1.29 is 4.79 Å². The molecule has 1 N–H and O–H groups in total. The molecule has 28 heavy (non-hydrogen) atoms. The van der Waals surface area contributed by atoms with Crippen LogP contribution in [-0.2, 0) is 13.0 Å².